The molecule has 1 N–H and O–H groups in total. The van der Waals surface area contributed by atoms with E-state index in [1.165, 1.54) is 12.1 Å². The number of aromatic nitrogens is 2. The van der Waals surface area contributed by atoms with Crippen LogP contribution in [0.25, 0.3) is 0 Å². The molecule has 0 aliphatic rings. The Morgan fingerprint density at radius 3 is 2.67 bits per heavy atom. The summed E-state index contributed by atoms with van der Waals surface area (Å²) in [5.41, 5.74) is 1.26. The van der Waals surface area contributed by atoms with Gasteiger partial charge in [0.25, 0.3) is 0 Å². The lowest BCUT2D eigenvalue weighted by Gasteiger charge is -2.17. The van der Waals surface area contributed by atoms with E-state index in [1.807, 2.05) is 19.0 Å². The van der Waals surface area contributed by atoms with Crippen molar-refractivity contribution in [3.05, 3.63) is 50.4 Å². The molecular formula is C14H16Br2FN3O. The Bertz CT molecular complexity index is 631. The molecule has 1 aromatic carbocycles. The van der Waals surface area contributed by atoms with Crippen LogP contribution in [-0.4, -0.2) is 40.4 Å². The predicted molar refractivity (Wildman–Crippen MR) is 86.6 cm³/mol. The molecule has 1 heterocycles. The normalized spacial score (nSPS) is 12.9. The minimum atomic E-state index is -0.890. The first-order valence-corrected chi connectivity index (χ1v) is 7.97. The van der Waals surface area contributed by atoms with Gasteiger partial charge in [-0.1, -0.05) is 22.0 Å². The van der Waals surface area contributed by atoms with E-state index < -0.39 is 6.10 Å². The lowest BCUT2D eigenvalue weighted by Crippen LogP contribution is -2.21. The topological polar surface area (TPSA) is 41.3 Å². The smallest absolute Gasteiger partial charge is 0.124 e. The number of nitrogens with zero attached hydrogens (tertiary/aromatic N) is 3. The van der Waals surface area contributed by atoms with Gasteiger partial charge < -0.3 is 10.0 Å². The third kappa shape index (κ3) is 3.91. The SMILES string of the molecule is CN(C)CCn1ncc(Br)c1C(O)c1ccc(F)cc1Br. The van der Waals surface area contributed by atoms with Gasteiger partial charge in [-0.05, 0) is 42.2 Å². The number of aliphatic hydroxyl groups is 1. The Hall–Kier alpha value is -0.760. The van der Waals surface area contributed by atoms with Crippen molar-refractivity contribution in [1.29, 1.82) is 0 Å². The maximum Gasteiger partial charge on any atom is 0.124 e. The van der Waals surface area contributed by atoms with E-state index in [0.717, 1.165) is 11.0 Å². The summed E-state index contributed by atoms with van der Waals surface area (Å²) < 4.78 is 16.2. The zero-order valence-electron chi connectivity index (χ0n) is 11.7. The highest BCUT2D eigenvalue weighted by atomic mass is 79.9. The molecule has 1 atom stereocenters. The summed E-state index contributed by atoms with van der Waals surface area (Å²) in [6.07, 6.45) is 0.769. The molecule has 0 saturated carbocycles. The molecule has 2 rings (SSSR count). The number of rotatable bonds is 5. The van der Waals surface area contributed by atoms with Crippen LogP contribution in [-0.2, 0) is 6.54 Å². The Balaban J connectivity index is 2.34. The third-order valence-electron chi connectivity index (χ3n) is 3.11. The Labute approximate surface area is 139 Å². The van der Waals surface area contributed by atoms with Crippen LogP contribution in [0.4, 0.5) is 4.39 Å². The van der Waals surface area contributed by atoms with Crippen molar-refractivity contribution in [2.45, 2.75) is 12.6 Å². The Kier molecular flexibility index (Phi) is 5.54. The Morgan fingerprint density at radius 1 is 1.33 bits per heavy atom. The van der Waals surface area contributed by atoms with Crippen molar-refractivity contribution < 1.29 is 9.50 Å². The fourth-order valence-electron chi connectivity index (χ4n) is 1.99. The van der Waals surface area contributed by atoms with Gasteiger partial charge in [0, 0.05) is 16.6 Å². The zero-order chi connectivity index (χ0) is 15.6. The monoisotopic (exact) mass is 419 g/mol. The van der Waals surface area contributed by atoms with E-state index >= 15 is 0 Å². The lowest BCUT2D eigenvalue weighted by atomic mass is 10.1. The van der Waals surface area contributed by atoms with Gasteiger partial charge in [-0.25, -0.2) is 4.39 Å². The lowest BCUT2D eigenvalue weighted by molar-refractivity contribution is 0.204. The summed E-state index contributed by atoms with van der Waals surface area (Å²) >= 11 is 6.71. The molecule has 4 nitrogen and oxygen atoms in total. The number of hydrogen-bond acceptors (Lipinski definition) is 3. The van der Waals surface area contributed by atoms with Gasteiger partial charge in [0.15, 0.2) is 0 Å². The molecule has 0 aliphatic carbocycles. The highest BCUT2D eigenvalue weighted by Crippen LogP contribution is 2.32. The largest absolute Gasteiger partial charge is 0.382 e. The molecule has 0 spiro atoms. The number of benzene rings is 1. The zero-order valence-corrected chi connectivity index (χ0v) is 14.9. The second-order valence-corrected chi connectivity index (χ2v) is 6.68. The second-order valence-electron chi connectivity index (χ2n) is 4.97. The highest BCUT2D eigenvalue weighted by molar-refractivity contribution is 9.10. The highest BCUT2D eigenvalue weighted by Gasteiger charge is 2.21. The van der Waals surface area contributed by atoms with Crippen LogP contribution < -0.4 is 0 Å². The standard InChI is InChI=1S/C14H16Br2FN3O/c1-19(2)5-6-20-13(12(16)8-18-20)14(21)10-4-3-9(17)7-11(10)15/h3-4,7-8,14,21H,5-6H2,1-2H3. The quantitative estimate of drug-likeness (QED) is 0.807. The molecule has 0 saturated heterocycles. The summed E-state index contributed by atoms with van der Waals surface area (Å²) in [5.74, 6) is -0.349. The average molecular weight is 421 g/mol. The van der Waals surface area contributed by atoms with Crippen molar-refractivity contribution in [2.75, 3.05) is 20.6 Å². The molecular weight excluding hydrogens is 405 g/mol. The minimum absolute atomic E-state index is 0.349. The Morgan fingerprint density at radius 2 is 2.05 bits per heavy atom. The van der Waals surface area contributed by atoms with Crippen LogP contribution in [0.5, 0.6) is 0 Å². The molecule has 2 aromatic rings. The van der Waals surface area contributed by atoms with Gasteiger partial charge in [-0.2, -0.15) is 5.10 Å². The maximum absolute atomic E-state index is 13.2. The molecule has 0 fully saturated rings. The molecule has 1 unspecified atom stereocenters. The summed E-state index contributed by atoms with van der Waals surface area (Å²) in [7, 11) is 3.95. The molecule has 0 bridgehead atoms. The first-order chi connectivity index (χ1) is 9.90. The van der Waals surface area contributed by atoms with Crippen molar-refractivity contribution in [3.8, 4) is 0 Å². The summed E-state index contributed by atoms with van der Waals surface area (Å²) in [4.78, 5) is 2.04. The van der Waals surface area contributed by atoms with Gasteiger partial charge in [0.1, 0.15) is 11.9 Å². The van der Waals surface area contributed by atoms with E-state index in [1.54, 1.807) is 16.9 Å². The van der Waals surface area contributed by atoms with Crippen molar-refractivity contribution >= 4 is 31.9 Å². The van der Waals surface area contributed by atoms with Crippen molar-refractivity contribution in [2.24, 2.45) is 0 Å². The average Bonchev–Trinajstić information content (AvgIpc) is 2.77. The fourth-order valence-corrected chi connectivity index (χ4v) is 3.07. The molecule has 7 heteroatoms. The van der Waals surface area contributed by atoms with Crippen LogP contribution in [0, 0.1) is 5.82 Å². The second kappa shape index (κ2) is 7.00. The van der Waals surface area contributed by atoms with Gasteiger partial charge in [0.05, 0.1) is 22.9 Å². The van der Waals surface area contributed by atoms with Crippen LogP contribution in [0.3, 0.4) is 0 Å². The van der Waals surface area contributed by atoms with Gasteiger partial charge in [-0.15, -0.1) is 0 Å². The first-order valence-electron chi connectivity index (χ1n) is 6.39. The molecule has 0 aliphatic heterocycles. The van der Waals surface area contributed by atoms with E-state index in [0.29, 0.717) is 22.3 Å². The number of aliphatic hydroxyl groups excluding tert-OH is 1. The molecule has 0 amide bonds. The number of halogens is 3. The number of hydrogen-bond donors (Lipinski definition) is 1. The van der Waals surface area contributed by atoms with E-state index in [-0.39, 0.29) is 5.82 Å². The van der Waals surface area contributed by atoms with Crippen molar-refractivity contribution in [3.63, 3.8) is 0 Å². The van der Waals surface area contributed by atoms with Gasteiger partial charge >= 0.3 is 0 Å². The minimum Gasteiger partial charge on any atom is -0.382 e. The molecule has 0 radical (unpaired) electrons. The maximum atomic E-state index is 13.2. The summed E-state index contributed by atoms with van der Waals surface area (Å²) in [6.45, 7) is 1.46. The first kappa shape index (κ1) is 16.6. The predicted octanol–water partition coefficient (Wildman–Crippen LogP) is 3.19. The third-order valence-corrected chi connectivity index (χ3v) is 4.41. The fraction of sp³-hybridized carbons (Fsp3) is 0.357. The van der Waals surface area contributed by atoms with Gasteiger partial charge in [0.2, 0.25) is 0 Å². The van der Waals surface area contributed by atoms with E-state index in [9.17, 15) is 9.50 Å². The van der Waals surface area contributed by atoms with E-state index in [2.05, 4.69) is 37.0 Å². The molecule has 21 heavy (non-hydrogen) atoms. The van der Waals surface area contributed by atoms with Crippen LogP contribution in [0.2, 0.25) is 0 Å². The van der Waals surface area contributed by atoms with Crippen LogP contribution in [0.1, 0.15) is 17.4 Å². The number of likely N-dealkylation sites (N-methyl/N-ethyl adjacent to an activating group) is 1. The molecule has 114 valence electrons. The van der Waals surface area contributed by atoms with Gasteiger partial charge in [-0.3, -0.25) is 4.68 Å². The summed E-state index contributed by atoms with van der Waals surface area (Å²) in [6, 6.07) is 4.24. The molecule has 1 aromatic heterocycles. The van der Waals surface area contributed by atoms with Crippen LogP contribution in [0.15, 0.2) is 33.3 Å². The summed E-state index contributed by atoms with van der Waals surface area (Å²) in [5, 5.41) is 14.9. The van der Waals surface area contributed by atoms with Crippen molar-refractivity contribution in [1.82, 2.24) is 14.7 Å². The van der Waals surface area contributed by atoms with Crippen LogP contribution >= 0.6 is 31.9 Å². The van der Waals surface area contributed by atoms with E-state index in [4.69, 9.17) is 0 Å².